The molecule has 0 atom stereocenters. The fourth-order valence-electron chi connectivity index (χ4n) is 2.17. The molecule has 0 radical (unpaired) electrons. The van der Waals surface area contributed by atoms with Gasteiger partial charge in [-0.2, -0.15) is 5.10 Å². The topological polar surface area (TPSA) is 29.9 Å². The molecule has 1 aromatic carbocycles. The Bertz CT molecular complexity index is 514. The van der Waals surface area contributed by atoms with E-state index in [9.17, 15) is 0 Å². The Morgan fingerprint density at radius 2 is 1.94 bits per heavy atom. The number of nitrogens with one attached hydrogen (secondary N) is 1. The predicted octanol–water partition coefficient (Wildman–Crippen LogP) is 2.72. The molecule has 3 nitrogen and oxygen atoms in total. The van der Waals surface area contributed by atoms with Crippen LogP contribution in [0.4, 0.5) is 0 Å². The second kappa shape index (κ2) is 5.83. The van der Waals surface area contributed by atoms with E-state index in [1.807, 2.05) is 7.05 Å². The number of hydrogen-bond donors (Lipinski definition) is 1. The smallest absolute Gasteiger partial charge is 0.0693 e. The third kappa shape index (κ3) is 2.46. The lowest BCUT2D eigenvalue weighted by atomic mass is 10.1. The highest BCUT2D eigenvalue weighted by Gasteiger charge is 2.10. The summed E-state index contributed by atoms with van der Waals surface area (Å²) in [5.41, 5.74) is 4.89. The van der Waals surface area contributed by atoms with Gasteiger partial charge in [-0.1, -0.05) is 32.0 Å². The molecule has 0 fully saturated rings. The van der Waals surface area contributed by atoms with Crippen LogP contribution in [0.25, 0.3) is 5.69 Å². The Morgan fingerprint density at radius 1 is 1.17 bits per heavy atom. The molecule has 2 aromatic rings. The minimum atomic E-state index is 0.862. The normalized spacial score (nSPS) is 10.8. The molecule has 2 rings (SSSR count). The molecule has 0 aliphatic rings. The molecule has 0 aliphatic carbocycles. The molecule has 18 heavy (non-hydrogen) atoms. The SMILES string of the molecule is CCc1cc(CC)n(-c2ccccc2CNC)n1. The molecule has 0 amide bonds. The first-order chi connectivity index (χ1) is 8.80. The molecule has 3 heteroatoms. The molecule has 0 aliphatic heterocycles. The Morgan fingerprint density at radius 3 is 2.61 bits per heavy atom. The average Bonchev–Trinajstić information content (AvgIpc) is 2.83. The summed E-state index contributed by atoms with van der Waals surface area (Å²) in [6.45, 7) is 5.18. The van der Waals surface area contributed by atoms with Crippen LogP contribution < -0.4 is 5.32 Å². The summed E-state index contributed by atoms with van der Waals surface area (Å²) in [4.78, 5) is 0. The second-order valence-corrected chi connectivity index (χ2v) is 4.40. The van der Waals surface area contributed by atoms with Gasteiger partial charge in [0.15, 0.2) is 0 Å². The van der Waals surface area contributed by atoms with Crippen LogP contribution in [-0.4, -0.2) is 16.8 Å². The average molecular weight is 243 g/mol. The van der Waals surface area contributed by atoms with Crippen LogP contribution in [-0.2, 0) is 19.4 Å². The first-order valence-corrected chi connectivity index (χ1v) is 6.60. The van der Waals surface area contributed by atoms with Gasteiger partial charge < -0.3 is 5.32 Å². The standard InChI is InChI=1S/C15H21N3/c1-4-13-10-14(5-2)18(17-13)15-9-7-6-8-12(15)11-16-3/h6-10,16H,4-5,11H2,1-3H3. The second-order valence-electron chi connectivity index (χ2n) is 4.40. The summed E-state index contributed by atoms with van der Waals surface area (Å²) in [6, 6.07) is 10.6. The van der Waals surface area contributed by atoms with Crippen molar-refractivity contribution in [3.05, 3.63) is 47.3 Å². The summed E-state index contributed by atoms with van der Waals surface area (Å²) < 4.78 is 2.09. The molecule has 0 spiro atoms. The van der Waals surface area contributed by atoms with Crippen LogP contribution in [0.3, 0.4) is 0 Å². The summed E-state index contributed by atoms with van der Waals surface area (Å²) in [5.74, 6) is 0. The van der Waals surface area contributed by atoms with Crippen LogP contribution in [0.2, 0.25) is 0 Å². The molecule has 96 valence electrons. The van der Waals surface area contributed by atoms with Crippen molar-refractivity contribution in [3.63, 3.8) is 0 Å². The minimum absolute atomic E-state index is 0.862. The number of aryl methyl sites for hydroxylation is 2. The molecule has 1 aromatic heterocycles. The number of aromatic nitrogens is 2. The van der Waals surface area contributed by atoms with E-state index in [0.717, 1.165) is 25.1 Å². The Balaban J connectivity index is 2.50. The van der Waals surface area contributed by atoms with E-state index >= 15 is 0 Å². The first kappa shape index (κ1) is 12.8. The molecule has 1 N–H and O–H groups in total. The zero-order valence-electron chi connectivity index (χ0n) is 11.4. The van der Waals surface area contributed by atoms with E-state index in [0.29, 0.717) is 0 Å². The van der Waals surface area contributed by atoms with Gasteiger partial charge in [0, 0.05) is 12.2 Å². The monoisotopic (exact) mass is 243 g/mol. The van der Waals surface area contributed by atoms with Gasteiger partial charge >= 0.3 is 0 Å². The lowest BCUT2D eigenvalue weighted by Crippen LogP contribution is -2.11. The highest BCUT2D eigenvalue weighted by molar-refractivity contribution is 5.42. The summed E-state index contributed by atoms with van der Waals surface area (Å²) in [5, 5.41) is 7.91. The van der Waals surface area contributed by atoms with Crippen LogP contribution in [0, 0.1) is 0 Å². The highest BCUT2D eigenvalue weighted by atomic mass is 15.3. The molecule has 1 heterocycles. The van der Waals surface area contributed by atoms with Gasteiger partial charge in [-0.3, -0.25) is 0 Å². The van der Waals surface area contributed by atoms with E-state index in [2.05, 4.69) is 54.2 Å². The minimum Gasteiger partial charge on any atom is -0.316 e. The summed E-state index contributed by atoms with van der Waals surface area (Å²) in [7, 11) is 1.97. The molecule has 0 bridgehead atoms. The maximum atomic E-state index is 4.70. The predicted molar refractivity (Wildman–Crippen MR) is 75.1 cm³/mol. The lowest BCUT2D eigenvalue weighted by Gasteiger charge is -2.11. The maximum Gasteiger partial charge on any atom is 0.0693 e. The van der Waals surface area contributed by atoms with E-state index in [1.54, 1.807) is 0 Å². The first-order valence-electron chi connectivity index (χ1n) is 6.60. The third-order valence-electron chi connectivity index (χ3n) is 3.15. The molecule has 0 unspecified atom stereocenters. The fraction of sp³-hybridized carbons (Fsp3) is 0.400. The van der Waals surface area contributed by atoms with Gasteiger partial charge in [-0.15, -0.1) is 0 Å². The maximum absolute atomic E-state index is 4.70. The van der Waals surface area contributed by atoms with Crippen LogP contribution in [0.15, 0.2) is 30.3 Å². The van der Waals surface area contributed by atoms with Gasteiger partial charge in [0.25, 0.3) is 0 Å². The molecule has 0 saturated heterocycles. The molecule has 0 saturated carbocycles. The molecular weight excluding hydrogens is 222 g/mol. The number of benzene rings is 1. The van der Waals surface area contributed by atoms with Gasteiger partial charge in [-0.05, 0) is 37.6 Å². The van der Waals surface area contributed by atoms with Gasteiger partial charge in [0.05, 0.1) is 11.4 Å². The van der Waals surface area contributed by atoms with E-state index in [4.69, 9.17) is 5.10 Å². The van der Waals surface area contributed by atoms with E-state index < -0.39 is 0 Å². The highest BCUT2D eigenvalue weighted by Crippen LogP contribution is 2.18. The number of hydrogen-bond acceptors (Lipinski definition) is 2. The Kier molecular flexibility index (Phi) is 4.15. The van der Waals surface area contributed by atoms with E-state index in [-0.39, 0.29) is 0 Å². The van der Waals surface area contributed by atoms with Crippen LogP contribution in [0.5, 0.6) is 0 Å². The van der Waals surface area contributed by atoms with Crippen LogP contribution in [0.1, 0.15) is 30.8 Å². The van der Waals surface area contributed by atoms with Gasteiger partial charge in [0.2, 0.25) is 0 Å². The van der Waals surface area contributed by atoms with Crippen molar-refractivity contribution in [2.75, 3.05) is 7.05 Å². The zero-order chi connectivity index (χ0) is 13.0. The van der Waals surface area contributed by atoms with Crippen molar-refractivity contribution in [1.82, 2.24) is 15.1 Å². The van der Waals surface area contributed by atoms with Crippen molar-refractivity contribution >= 4 is 0 Å². The Labute approximate surface area is 109 Å². The van der Waals surface area contributed by atoms with Crippen molar-refractivity contribution < 1.29 is 0 Å². The van der Waals surface area contributed by atoms with Crippen molar-refractivity contribution in [2.45, 2.75) is 33.2 Å². The van der Waals surface area contributed by atoms with Crippen molar-refractivity contribution in [1.29, 1.82) is 0 Å². The molecular formula is C15H21N3. The zero-order valence-corrected chi connectivity index (χ0v) is 11.4. The summed E-state index contributed by atoms with van der Waals surface area (Å²) >= 11 is 0. The van der Waals surface area contributed by atoms with Crippen molar-refractivity contribution in [3.8, 4) is 5.69 Å². The lowest BCUT2D eigenvalue weighted by molar-refractivity contribution is 0.758. The van der Waals surface area contributed by atoms with E-state index in [1.165, 1.54) is 16.9 Å². The number of rotatable bonds is 5. The third-order valence-corrected chi connectivity index (χ3v) is 3.15. The number of nitrogens with zero attached hydrogens (tertiary/aromatic N) is 2. The van der Waals surface area contributed by atoms with Gasteiger partial charge in [0.1, 0.15) is 0 Å². The summed E-state index contributed by atoms with van der Waals surface area (Å²) in [6.07, 6.45) is 1.98. The van der Waals surface area contributed by atoms with Gasteiger partial charge in [-0.25, -0.2) is 4.68 Å². The fourth-order valence-corrected chi connectivity index (χ4v) is 2.17. The van der Waals surface area contributed by atoms with Crippen molar-refractivity contribution in [2.24, 2.45) is 0 Å². The largest absolute Gasteiger partial charge is 0.316 e. The quantitative estimate of drug-likeness (QED) is 0.875. The van der Waals surface area contributed by atoms with Crippen LogP contribution >= 0.6 is 0 Å². The number of para-hydroxylation sites is 1. The Hall–Kier alpha value is -1.61.